The van der Waals surface area contributed by atoms with Gasteiger partial charge in [-0.2, -0.15) is 0 Å². The molecule has 2 aliphatic carbocycles. The van der Waals surface area contributed by atoms with Gasteiger partial charge in [-0.3, -0.25) is 4.90 Å². The topological polar surface area (TPSA) is 15.3 Å². The number of hydrogen-bond acceptors (Lipinski definition) is 2. The van der Waals surface area contributed by atoms with Gasteiger partial charge in [-0.05, 0) is 56.3 Å². The molecule has 3 rings (SSSR count). The van der Waals surface area contributed by atoms with E-state index in [2.05, 4.69) is 31.0 Å². The molecule has 0 aromatic rings. The van der Waals surface area contributed by atoms with Crippen molar-refractivity contribution in [3.63, 3.8) is 0 Å². The predicted molar refractivity (Wildman–Crippen MR) is 81.3 cm³/mol. The second kappa shape index (κ2) is 5.73. The van der Waals surface area contributed by atoms with Gasteiger partial charge in [-0.1, -0.05) is 20.8 Å². The Morgan fingerprint density at radius 2 is 1.74 bits per heavy atom. The van der Waals surface area contributed by atoms with E-state index in [4.69, 9.17) is 0 Å². The van der Waals surface area contributed by atoms with Crippen LogP contribution in [-0.2, 0) is 0 Å². The highest BCUT2D eigenvalue weighted by Gasteiger charge is 2.47. The molecule has 0 radical (unpaired) electrons. The van der Waals surface area contributed by atoms with Crippen LogP contribution in [0.4, 0.5) is 0 Å². The molecule has 3 aliphatic rings. The van der Waals surface area contributed by atoms with Crippen molar-refractivity contribution in [3.8, 4) is 0 Å². The minimum absolute atomic E-state index is 0.739. The Labute approximate surface area is 119 Å². The zero-order valence-corrected chi connectivity index (χ0v) is 13.1. The van der Waals surface area contributed by atoms with Crippen LogP contribution in [0.2, 0.25) is 0 Å². The molecule has 2 heteroatoms. The Bertz CT molecular complexity index is 282. The maximum absolute atomic E-state index is 3.81. The molecule has 2 nitrogen and oxygen atoms in total. The van der Waals surface area contributed by atoms with Gasteiger partial charge in [0.15, 0.2) is 0 Å². The molecule has 0 amide bonds. The zero-order valence-electron chi connectivity index (χ0n) is 13.1. The molecule has 19 heavy (non-hydrogen) atoms. The first-order valence-electron chi connectivity index (χ1n) is 8.68. The average molecular weight is 264 g/mol. The molecule has 0 aromatic heterocycles. The van der Waals surface area contributed by atoms with E-state index in [1.54, 1.807) is 0 Å². The summed E-state index contributed by atoms with van der Waals surface area (Å²) in [6.07, 6.45) is 8.70. The van der Waals surface area contributed by atoms with Gasteiger partial charge in [0.1, 0.15) is 0 Å². The predicted octanol–water partition coefficient (Wildman–Crippen LogP) is 3.27. The van der Waals surface area contributed by atoms with Crippen molar-refractivity contribution >= 4 is 0 Å². The van der Waals surface area contributed by atoms with Gasteiger partial charge in [0.25, 0.3) is 0 Å². The zero-order chi connectivity index (χ0) is 13.4. The second-order valence-corrected chi connectivity index (χ2v) is 7.66. The van der Waals surface area contributed by atoms with Crippen LogP contribution >= 0.6 is 0 Å². The monoisotopic (exact) mass is 264 g/mol. The standard InChI is InChI=1S/C17H32N2/c1-4-16-10-18-15(9-12(2)3)11-19(16)17(13-5-6-13)14-7-8-14/h12-18H,4-11H2,1-3H3. The lowest BCUT2D eigenvalue weighted by Crippen LogP contribution is -2.60. The fourth-order valence-electron chi connectivity index (χ4n) is 4.16. The Kier molecular flexibility index (Phi) is 4.19. The highest BCUT2D eigenvalue weighted by molar-refractivity contribution is 5.01. The van der Waals surface area contributed by atoms with E-state index in [-0.39, 0.29) is 0 Å². The molecule has 1 aliphatic heterocycles. The van der Waals surface area contributed by atoms with Crippen LogP contribution in [0.5, 0.6) is 0 Å². The molecule has 1 heterocycles. The fourth-order valence-corrected chi connectivity index (χ4v) is 4.16. The number of hydrogen-bond donors (Lipinski definition) is 1. The van der Waals surface area contributed by atoms with Gasteiger partial charge in [0.2, 0.25) is 0 Å². The van der Waals surface area contributed by atoms with Crippen molar-refractivity contribution in [2.75, 3.05) is 13.1 Å². The van der Waals surface area contributed by atoms with Gasteiger partial charge in [-0.15, -0.1) is 0 Å². The largest absolute Gasteiger partial charge is 0.311 e. The average Bonchev–Trinajstić information content (AvgIpc) is 3.23. The smallest absolute Gasteiger partial charge is 0.0221 e. The number of nitrogens with zero attached hydrogens (tertiary/aromatic N) is 1. The third-order valence-corrected chi connectivity index (χ3v) is 5.36. The molecular formula is C17H32N2. The number of nitrogens with one attached hydrogen (secondary N) is 1. The number of piperazine rings is 1. The third-order valence-electron chi connectivity index (χ3n) is 5.36. The summed E-state index contributed by atoms with van der Waals surface area (Å²) in [7, 11) is 0. The summed E-state index contributed by atoms with van der Waals surface area (Å²) in [4.78, 5) is 2.94. The normalized spacial score (nSPS) is 33.3. The summed E-state index contributed by atoms with van der Waals surface area (Å²) in [6.45, 7) is 9.63. The SMILES string of the molecule is CCC1CNC(CC(C)C)CN1C(C1CC1)C1CC1. The van der Waals surface area contributed by atoms with E-state index in [0.717, 1.165) is 35.9 Å². The van der Waals surface area contributed by atoms with E-state index in [1.807, 2.05) is 0 Å². The summed E-state index contributed by atoms with van der Waals surface area (Å²) in [6, 6.07) is 2.49. The van der Waals surface area contributed by atoms with Crippen molar-refractivity contribution < 1.29 is 0 Å². The quantitative estimate of drug-likeness (QED) is 0.792. The van der Waals surface area contributed by atoms with E-state index in [9.17, 15) is 0 Å². The summed E-state index contributed by atoms with van der Waals surface area (Å²) in [5.74, 6) is 2.93. The van der Waals surface area contributed by atoms with Gasteiger partial charge < -0.3 is 5.32 Å². The first kappa shape index (κ1) is 13.9. The second-order valence-electron chi connectivity index (χ2n) is 7.66. The van der Waals surface area contributed by atoms with E-state index in [0.29, 0.717) is 0 Å². The summed E-state index contributed by atoms with van der Waals surface area (Å²) < 4.78 is 0. The van der Waals surface area contributed by atoms with Gasteiger partial charge in [0, 0.05) is 31.2 Å². The van der Waals surface area contributed by atoms with Crippen LogP contribution in [0.1, 0.15) is 59.3 Å². The fraction of sp³-hybridized carbons (Fsp3) is 1.00. The van der Waals surface area contributed by atoms with Crippen LogP contribution in [0.15, 0.2) is 0 Å². The highest BCUT2D eigenvalue weighted by atomic mass is 15.3. The Hall–Kier alpha value is -0.0800. The van der Waals surface area contributed by atoms with Crippen LogP contribution < -0.4 is 5.32 Å². The Morgan fingerprint density at radius 3 is 2.21 bits per heavy atom. The van der Waals surface area contributed by atoms with E-state index >= 15 is 0 Å². The van der Waals surface area contributed by atoms with E-state index in [1.165, 1.54) is 51.6 Å². The molecule has 2 atom stereocenters. The van der Waals surface area contributed by atoms with E-state index < -0.39 is 0 Å². The lowest BCUT2D eigenvalue weighted by Gasteiger charge is -2.45. The van der Waals surface area contributed by atoms with Crippen molar-refractivity contribution in [2.24, 2.45) is 17.8 Å². The molecule has 0 aromatic carbocycles. The maximum Gasteiger partial charge on any atom is 0.0221 e. The lowest BCUT2D eigenvalue weighted by molar-refractivity contribution is 0.0522. The Balaban J connectivity index is 1.67. The first-order valence-corrected chi connectivity index (χ1v) is 8.68. The summed E-state index contributed by atoms with van der Waals surface area (Å²) >= 11 is 0. The maximum atomic E-state index is 3.81. The first-order chi connectivity index (χ1) is 9.19. The number of rotatable bonds is 6. The highest BCUT2D eigenvalue weighted by Crippen LogP contribution is 2.48. The molecule has 0 spiro atoms. The third kappa shape index (κ3) is 3.33. The minimum Gasteiger partial charge on any atom is -0.311 e. The molecule has 0 bridgehead atoms. The van der Waals surface area contributed by atoms with Crippen LogP contribution in [0, 0.1) is 17.8 Å². The van der Waals surface area contributed by atoms with Crippen molar-refractivity contribution in [1.82, 2.24) is 10.2 Å². The van der Waals surface area contributed by atoms with Crippen LogP contribution in [-0.4, -0.2) is 36.1 Å². The van der Waals surface area contributed by atoms with Crippen molar-refractivity contribution in [3.05, 3.63) is 0 Å². The molecule has 3 fully saturated rings. The van der Waals surface area contributed by atoms with Crippen LogP contribution in [0.25, 0.3) is 0 Å². The minimum atomic E-state index is 0.739. The van der Waals surface area contributed by atoms with Gasteiger partial charge in [0.05, 0.1) is 0 Å². The summed E-state index contributed by atoms with van der Waals surface area (Å²) in [5, 5.41) is 3.81. The molecule has 110 valence electrons. The van der Waals surface area contributed by atoms with Crippen molar-refractivity contribution in [1.29, 1.82) is 0 Å². The Morgan fingerprint density at radius 1 is 1.11 bits per heavy atom. The van der Waals surface area contributed by atoms with Crippen LogP contribution in [0.3, 0.4) is 0 Å². The van der Waals surface area contributed by atoms with Gasteiger partial charge >= 0.3 is 0 Å². The molecule has 1 N–H and O–H groups in total. The molecule has 2 saturated carbocycles. The molecule has 2 unspecified atom stereocenters. The molecular weight excluding hydrogens is 232 g/mol. The lowest BCUT2D eigenvalue weighted by atomic mass is 9.94. The molecule has 1 saturated heterocycles. The summed E-state index contributed by atoms with van der Waals surface area (Å²) in [5.41, 5.74) is 0. The van der Waals surface area contributed by atoms with Crippen molar-refractivity contribution in [2.45, 2.75) is 77.4 Å². The van der Waals surface area contributed by atoms with Gasteiger partial charge in [-0.25, -0.2) is 0 Å².